The van der Waals surface area contributed by atoms with Crippen LogP contribution in [-0.4, -0.2) is 39.0 Å². The lowest BCUT2D eigenvalue weighted by Crippen LogP contribution is -2.42. The van der Waals surface area contributed by atoms with Gasteiger partial charge in [-0.1, -0.05) is 0 Å². The molecule has 0 aliphatic rings. The first-order valence-electron chi connectivity index (χ1n) is 6.61. The van der Waals surface area contributed by atoms with E-state index in [0.29, 0.717) is 10.2 Å². The van der Waals surface area contributed by atoms with Gasteiger partial charge in [0.1, 0.15) is 16.4 Å². The third kappa shape index (κ3) is 3.70. The van der Waals surface area contributed by atoms with Crippen molar-refractivity contribution in [3.8, 4) is 11.5 Å². The lowest BCUT2D eigenvalue weighted by Gasteiger charge is -2.30. The van der Waals surface area contributed by atoms with Gasteiger partial charge in [-0.2, -0.15) is 4.31 Å². The number of methoxy groups -OCH3 is 2. The van der Waals surface area contributed by atoms with Gasteiger partial charge in [0.15, 0.2) is 0 Å². The Morgan fingerprint density at radius 1 is 1.00 bits per heavy atom. The van der Waals surface area contributed by atoms with Gasteiger partial charge in [0.2, 0.25) is 10.0 Å². The molecular weight excluding hydrogens is 358 g/mol. The Morgan fingerprint density at radius 2 is 1.48 bits per heavy atom. The molecule has 0 bridgehead atoms. The van der Waals surface area contributed by atoms with E-state index >= 15 is 0 Å². The molecule has 0 aliphatic heterocycles. The van der Waals surface area contributed by atoms with Crippen LogP contribution >= 0.6 is 15.9 Å². The van der Waals surface area contributed by atoms with Gasteiger partial charge >= 0.3 is 0 Å². The summed E-state index contributed by atoms with van der Waals surface area (Å²) in [6.07, 6.45) is 0. The van der Waals surface area contributed by atoms with Gasteiger partial charge in [-0.25, -0.2) is 8.42 Å². The smallest absolute Gasteiger partial charge is 0.247 e. The predicted octanol–water partition coefficient (Wildman–Crippen LogP) is 3.27. The average molecular weight is 380 g/mol. The Labute approximate surface area is 135 Å². The van der Waals surface area contributed by atoms with Crippen LogP contribution in [-0.2, 0) is 10.0 Å². The van der Waals surface area contributed by atoms with Gasteiger partial charge in [0.05, 0.1) is 18.7 Å². The maximum atomic E-state index is 12.9. The Morgan fingerprint density at radius 3 is 1.86 bits per heavy atom. The molecule has 0 N–H and O–H groups in total. The lowest BCUT2D eigenvalue weighted by molar-refractivity contribution is 0.300. The first-order valence-corrected chi connectivity index (χ1v) is 8.85. The van der Waals surface area contributed by atoms with Gasteiger partial charge < -0.3 is 9.47 Å². The minimum absolute atomic E-state index is 0.104. The maximum Gasteiger partial charge on any atom is 0.247 e. The van der Waals surface area contributed by atoms with Crippen molar-refractivity contribution in [2.75, 3.05) is 14.2 Å². The average Bonchev–Trinajstić information content (AvgIpc) is 2.36. The molecule has 1 aromatic rings. The van der Waals surface area contributed by atoms with Crippen molar-refractivity contribution in [1.82, 2.24) is 4.31 Å². The fraction of sp³-hybridized carbons (Fsp3) is 0.571. The van der Waals surface area contributed by atoms with Gasteiger partial charge in [-0.15, -0.1) is 0 Å². The first-order chi connectivity index (χ1) is 9.66. The molecule has 0 amide bonds. The molecule has 1 rings (SSSR count). The van der Waals surface area contributed by atoms with E-state index in [-0.39, 0.29) is 22.7 Å². The van der Waals surface area contributed by atoms with Crippen molar-refractivity contribution >= 4 is 26.0 Å². The number of benzene rings is 1. The quantitative estimate of drug-likeness (QED) is 0.760. The van der Waals surface area contributed by atoms with E-state index < -0.39 is 10.0 Å². The van der Waals surface area contributed by atoms with E-state index in [4.69, 9.17) is 9.47 Å². The molecule has 0 radical (unpaired) electrons. The number of rotatable bonds is 6. The molecule has 0 saturated heterocycles. The Bertz CT molecular complexity index is 591. The van der Waals surface area contributed by atoms with Crippen LogP contribution in [0.5, 0.6) is 11.5 Å². The highest BCUT2D eigenvalue weighted by Gasteiger charge is 2.32. The van der Waals surface area contributed by atoms with Gasteiger partial charge in [-0.05, 0) is 49.7 Å². The van der Waals surface area contributed by atoms with Crippen molar-refractivity contribution in [2.24, 2.45) is 0 Å². The number of hydrogen-bond donors (Lipinski definition) is 0. The minimum atomic E-state index is -3.68. The summed E-state index contributed by atoms with van der Waals surface area (Å²) in [7, 11) is -0.746. The fourth-order valence-corrected chi connectivity index (χ4v) is 4.77. The molecule has 0 unspecified atom stereocenters. The van der Waals surface area contributed by atoms with E-state index in [2.05, 4.69) is 15.9 Å². The molecule has 0 spiro atoms. The number of ether oxygens (including phenoxy) is 2. The molecule has 0 aromatic heterocycles. The summed E-state index contributed by atoms with van der Waals surface area (Å²) in [6.45, 7) is 7.39. The zero-order chi connectivity index (χ0) is 16.4. The van der Waals surface area contributed by atoms with E-state index in [1.165, 1.54) is 24.6 Å². The van der Waals surface area contributed by atoms with Crippen LogP contribution in [0.15, 0.2) is 21.5 Å². The van der Waals surface area contributed by atoms with Crippen molar-refractivity contribution in [3.05, 3.63) is 16.6 Å². The molecule has 0 aliphatic carbocycles. The summed E-state index contributed by atoms with van der Waals surface area (Å²) in [6, 6.07) is 2.77. The molecule has 0 saturated carbocycles. The maximum absolute atomic E-state index is 12.9. The topological polar surface area (TPSA) is 55.8 Å². The lowest BCUT2D eigenvalue weighted by atomic mass is 10.3. The summed E-state index contributed by atoms with van der Waals surface area (Å²) in [5.41, 5.74) is 0. The van der Waals surface area contributed by atoms with Crippen LogP contribution in [0.4, 0.5) is 0 Å². The molecule has 7 heteroatoms. The van der Waals surface area contributed by atoms with Crippen LogP contribution < -0.4 is 9.47 Å². The Balaban J connectivity index is 3.56. The normalized spacial score (nSPS) is 12.3. The highest BCUT2D eigenvalue weighted by Crippen LogP contribution is 2.37. The van der Waals surface area contributed by atoms with Crippen LogP contribution in [0.25, 0.3) is 0 Å². The second-order valence-corrected chi connectivity index (χ2v) is 7.83. The van der Waals surface area contributed by atoms with Gasteiger partial charge in [0.25, 0.3) is 0 Å². The zero-order valence-electron chi connectivity index (χ0n) is 13.2. The summed E-state index contributed by atoms with van der Waals surface area (Å²) in [5, 5.41) is 0. The highest BCUT2D eigenvalue weighted by atomic mass is 79.9. The van der Waals surface area contributed by atoms with Gasteiger partial charge in [0, 0.05) is 18.2 Å². The highest BCUT2D eigenvalue weighted by molar-refractivity contribution is 9.10. The Kier molecular flexibility index (Phi) is 6.07. The van der Waals surface area contributed by atoms with Gasteiger partial charge in [-0.3, -0.25) is 0 Å². The first kappa shape index (κ1) is 18.3. The standard InChI is InChI=1S/C14H22BrNO4S/c1-9(2)16(10(3)4)21(17,18)14-8-12(19-5)11(15)7-13(14)20-6/h7-10H,1-6H3. The summed E-state index contributed by atoms with van der Waals surface area (Å²) in [5.74, 6) is 0.732. The SMILES string of the molecule is COc1cc(S(=O)(=O)N(C(C)C)C(C)C)c(OC)cc1Br. The third-order valence-corrected chi connectivity index (χ3v) is 5.90. The number of halogens is 1. The van der Waals surface area contributed by atoms with Crippen LogP contribution in [0.2, 0.25) is 0 Å². The van der Waals surface area contributed by atoms with Crippen molar-refractivity contribution in [1.29, 1.82) is 0 Å². The Hall–Kier alpha value is -0.790. The third-order valence-electron chi connectivity index (χ3n) is 3.01. The summed E-state index contributed by atoms with van der Waals surface area (Å²) in [4.78, 5) is 0.104. The van der Waals surface area contributed by atoms with Crippen molar-refractivity contribution in [2.45, 2.75) is 44.7 Å². The van der Waals surface area contributed by atoms with E-state index in [0.717, 1.165) is 0 Å². The number of hydrogen-bond acceptors (Lipinski definition) is 4. The van der Waals surface area contributed by atoms with Crippen LogP contribution in [0.3, 0.4) is 0 Å². The predicted molar refractivity (Wildman–Crippen MR) is 86.5 cm³/mol. The van der Waals surface area contributed by atoms with Crippen LogP contribution in [0, 0.1) is 0 Å². The molecule has 5 nitrogen and oxygen atoms in total. The van der Waals surface area contributed by atoms with Crippen molar-refractivity contribution in [3.63, 3.8) is 0 Å². The molecule has 0 atom stereocenters. The number of sulfonamides is 1. The fourth-order valence-electron chi connectivity index (χ4n) is 2.30. The largest absolute Gasteiger partial charge is 0.496 e. The van der Waals surface area contributed by atoms with E-state index in [9.17, 15) is 8.42 Å². The zero-order valence-corrected chi connectivity index (χ0v) is 15.6. The second kappa shape index (κ2) is 6.98. The summed E-state index contributed by atoms with van der Waals surface area (Å²) < 4.78 is 38.4. The molecule has 0 heterocycles. The molecule has 21 heavy (non-hydrogen) atoms. The van der Waals surface area contributed by atoms with Crippen LogP contribution in [0.1, 0.15) is 27.7 Å². The second-order valence-electron chi connectivity index (χ2n) is 5.16. The van der Waals surface area contributed by atoms with Crippen molar-refractivity contribution < 1.29 is 17.9 Å². The summed E-state index contributed by atoms with van der Waals surface area (Å²) >= 11 is 3.33. The minimum Gasteiger partial charge on any atom is -0.496 e. The molecule has 1 aromatic carbocycles. The number of nitrogens with zero attached hydrogens (tertiary/aromatic N) is 1. The monoisotopic (exact) mass is 379 g/mol. The van der Waals surface area contributed by atoms with E-state index in [1.54, 1.807) is 6.07 Å². The molecule has 120 valence electrons. The van der Waals surface area contributed by atoms with E-state index in [1.807, 2.05) is 27.7 Å². The molecular formula is C14H22BrNO4S. The molecule has 0 fully saturated rings.